The zero-order chi connectivity index (χ0) is 12.3. The van der Waals surface area contributed by atoms with Crippen molar-refractivity contribution in [3.05, 3.63) is 0 Å². The van der Waals surface area contributed by atoms with Crippen LogP contribution in [-0.4, -0.2) is 50.7 Å². The molecule has 0 aliphatic carbocycles. The molecule has 0 aromatic heterocycles. The van der Waals surface area contributed by atoms with Gasteiger partial charge in [-0.05, 0) is 32.7 Å². The fourth-order valence-electron chi connectivity index (χ4n) is 1.18. The predicted molar refractivity (Wildman–Crippen MR) is 65.7 cm³/mol. The summed E-state index contributed by atoms with van der Waals surface area (Å²) in [6.07, 6.45) is 2.90. The Labute approximate surface area is 99.3 Å². The number of unbranched alkanes of at least 4 members (excludes halogenated alkanes) is 1. The summed E-state index contributed by atoms with van der Waals surface area (Å²) >= 11 is 0. The molecule has 0 rings (SSSR count). The molecular formula is C12H27NO3. The van der Waals surface area contributed by atoms with Crippen molar-refractivity contribution in [3.63, 3.8) is 0 Å². The second-order valence-electron chi connectivity index (χ2n) is 4.34. The van der Waals surface area contributed by atoms with Gasteiger partial charge in [0.25, 0.3) is 0 Å². The zero-order valence-electron chi connectivity index (χ0n) is 10.9. The largest absolute Gasteiger partial charge is 0.389 e. The Morgan fingerprint density at radius 1 is 1.19 bits per heavy atom. The Morgan fingerprint density at radius 2 is 1.94 bits per heavy atom. The molecule has 0 heterocycles. The summed E-state index contributed by atoms with van der Waals surface area (Å²) < 4.78 is 10.2. The van der Waals surface area contributed by atoms with E-state index in [2.05, 4.69) is 5.32 Å². The van der Waals surface area contributed by atoms with E-state index in [9.17, 15) is 5.11 Å². The van der Waals surface area contributed by atoms with Crippen molar-refractivity contribution in [3.8, 4) is 0 Å². The third-order valence-corrected chi connectivity index (χ3v) is 2.59. The van der Waals surface area contributed by atoms with Gasteiger partial charge < -0.3 is 19.9 Å². The van der Waals surface area contributed by atoms with E-state index in [1.165, 1.54) is 0 Å². The van der Waals surface area contributed by atoms with Gasteiger partial charge in [-0.3, -0.25) is 0 Å². The van der Waals surface area contributed by atoms with Gasteiger partial charge in [-0.2, -0.15) is 0 Å². The lowest BCUT2D eigenvalue weighted by atomic mass is 10.0. The molecule has 0 spiro atoms. The first-order valence-electron chi connectivity index (χ1n) is 6.12. The fraction of sp³-hybridized carbons (Fsp3) is 1.00. The molecule has 98 valence electrons. The summed E-state index contributed by atoms with van der Waals surface area (Å²) in [5, 5.41) is 13.0. The number of ether oxygens (including phenoxy) is 2. The molecule has 0 radical (unpaired) electrons. The molecule has 0 aromatic carbocycles. The molecule has 0 aliphatic rings. The molecule has 4 heteroatoms. The Balaban J connectivity index is 3.10. The smallest absolute Gasteiger partial charge is 0.0740 e. The van der Waals surface area contributed by atoms with Crippen LogP contribution in [0.5, 0.6) is 0 Å². The lowest BCUT2D eigenvalue weighted by molar-refractivity contribution is 0.0548. The Kier molecular flexibility index (Phi) is 9.92. The number of methoxy groups -OCH3 is 1. The number of nitrogens with one attached hydrogen (secondary N) is 1. The summed E-state index contributed by atoms with van der Waals surface area (Å²) in [6, 6.07) is 0. The molecule has 0 aliphatic heterocycles. The number of rotatable bonds is 11. The molecular weight excluding hydrogens is 206 g/mol. The molecule has 4 nitrogen and oxygen atoms in total. The van der Waals surface area contributed by atoms with E-state index < -0.39 is 5.60 Å². The van der Waals surface area contributed by atoms with Crippen LogP contribution in [0.3, 0.4) is 0 Å². The fourth-order valence-corrected chi connectivity index (χ4v) is 1.18. The number of hydrogen-bond acceptors (Lipinski definition) is 4. The van der Waals surface area contributed by atoms with E-state index in [1.807, 2.05) is 13.8 Å². The van der Waals surface area contributed by atoms with Gasteiger partial charge in [-0.15, -0.1) is 0 Å². The van der Waals surface area contributed by atoms with Gasteiger partial charge in [0.1, 0.15) is 0 Å². The highest BCUT2D eigenvalue weighted by Crippen LogP contribution is 2.05. The molecule has 0 bridgehead atoms. The first-order valence-corrected chi connectivity index (χ1v) is 6.12. The van der Waals surface area contributed by atoms with Gasteiger partial charge in [-0.1, -0.05) is 6.92 Å². The van der Waals surface area contributed by atoms with Crippen molar-refractivity contribution in [2.75, 3.05) is 40.0 Å². The molecule has 16 heavy (non-hydrogen) atoms. The van der Waals surface area contributed by atoms with Crippen molar-refractivity contribution in [1.82, 2.24) is 5.32 Å². The minimum absolute atomic E-state index is 0.574. The van der Waals surface area contributed by atoms with Crippen LogP contribution in [-0.2, 0) is 9.47 Å². The SMILES string of the molecule is CCC(C)(O)CNCCCCOCCOC. The second kappa shape index (κ2) is 10.0. The number of aliphatic hydroxyl groups is 1. The van der Waals surface area contributed by atoms with Crippen molar-refractivity contribution in [2.24, 2.45) is 0 Å². The summed E-state index contributed by atoms with van der Waals surface area (Å²) in [7, 11) is 1.67. The van der Waals surface area contributed by atoms with E-state index >= 15 is 0 Å². The first-order chi connectivity index (χ1) is 7.62. The van der Waals surface area contributed by atoms with E-state index in [-0.39, 0.29) is 0 Å². The lowest BCUT2D eigenvalue weighted by Crippen LogP contribution is -2.37. The van der Waals surface area contributed by atoms with E-state index in [0.29, 0.717) is 19.8 Å². The monoisotopic (exact) mass is 233 g/mol. The van der Waals surface area contributed by atoms with Crippen LogP contribution < -0.4 is 5.32 Å². The molecule has 1 atom stereocenters. The molecule has 2 N–H and O–H groups in total. The average molecular weight is 233 g/mol. The molecule has 0 fully saturated rings. The van der Waals surface area contributed by atoms with E-state index in [1.54, 1.807) is 7.11 Å². The maximum atomic E-state index is 9.72. The minimum atomic E-state index is -0.574. The van der Waals surface area contributed by atoms with Gasteiger partial charge in [0.15, 0.2) is 0 Å². The predicted octanol–water partition coefficient (Wildman–Crippen LogP) is 1.18. The highest BCUT2D eigenvalue weighted by atomic mass is 16.5. The molecule has 0 saturated carbocycles. The minimum Gasteiger partial charge on any atom is -0.389 e. The molecule has 0 saturated heterocycles. The van der Waals surface area contributed by atoms with E-state index in [0.717, 1.165) is 32.4 Å². The maximum Gasteiger partial charge on any atom is 0.0740 e. The highest BCUT2D eigenvalue weighted by molar-refractivity contribution is 4.72. The summed E-state index contributed by atoms with van der Waals surface area (Å²) in [5.41, 5.74) is -0.574. The zero-order valence-corrected chi connectivity index (χ0v) is 10.9. The van der Waals surface area contributed by atoms with Gasteiger partial charge in [0.2, 0.25) is 0 Å². The van der Waals surface area contributed by atoms with Crippen LogP contribution in [0.15, 0.2) is 0 Å². The van der Waals surface area contributed by atoms with Crippen LogP contribution in [0.4, 0.5) is 0 Å². The normalized spacial score (nSPS) is 15.0. The third kappa shape index (κ3) is 10.4. The topological polar surface area (TPSA) is 50.7 Å². The summed E-state index contributed by atoms with van der Waals surface area (Å²) in [6.45, 7) is 7.57. The molecule has 0 aromatic rings. The molecule has 1 unspecified atom stereocenters. The van der Waals surface area contributed by atoms with Gasteiger partial charge in [-0.25, -0.2) is 0 Å². The van der Waals surface area contributed by atoms with Crippen molar-refractivity contribution < 1.29 is 14.6 Å². The van der Waals surface area contributed by atoms with Crippen LogP contribution in [0.25, 0.3) is 0 Å². The van der Waals surface area contributed by atoms with Crippen molar-refractivity contribution in [1.29, 1.82) is 0 Å². The quantitative estimate of drug-likeness (QED) is 0.526. The van der Waals surface area contributed by atoms with E-state index in [4.69, 9.17) is 9.47 Å². The second-order valence-corrected chi connectivity index (χ2v) is 4.34. The average Bonchev–Trinajstić information content (AvgIpc) is 2.27. The van der Waals surface area contributed by atoms with Crippen LogP contribution >= 0.6 is 0 Å². The Bertz CT molecular complexity index is 151. The van der Waals surface area contributed by atoms with Gasteiger partial charge >= 0.3 is 0 Å². The lowest BCUT2D eigenvalue weighted by Gasteiger charge is -2.21. The van der Waals surface area contributed by atoms with Crippen molar-refractivity contribution in [2.45, 2.75) is 38.7 Å². The standard InChI is InChI=1S/C12H27NO3/c1-4-12(2,14)11-13-7-5-6-8-16-10-9-15-3/h13-14H,4-11H2,1-3H3. The van der Waals surface area contributed by atoms with Gasteiger partial charge in [0.05, 0.1) is 18.8 Å². The maximum absolute atomic E-state index is 9.72. The first kappa shape index (κ1) is 15.8. The van der Waals surface area contributed by atoms with Gasteiger partial charge in [0, 0.05) is 20.3 Å². The van der Waals surface area contributed by atoms with Crippen LogP contribution in [0.2, 0.25) is 0 Å². The third-order valence-electron chi connectivity index (χ3n) is 2.59. The molecule has 0 amide bonds. The Morgan fingerprint density at radius 3 is 2.56 bits per heavy atom. The Hall–Kier alpha value is -0.160. The van der Waals surface area contributed by atoms with Crippen LogP contribution in [0, 0.1) is 0 Å². The van der Waals surface area contributed by atoms with Crippen LogP contribution in [0.1, 0.15) is 33.1 Å². The summed E-state index contributed by atoms with van der Waals surface area (Å²) in [5.74, 6) is 0. The van der Waals surface area contributed by atoms with Crippen molar-refractivity contribution >= 4 is 0 Å². The highest BCUT2D eigenvalue weighted by Gasteiger charge is 2.15. The summed E-state index contributed by atoms with van der Waals surface area (Å²) in [4.78, 5) is 0. The number of hydrogen-bond donors (Lipinski definition) is 2.